The number of rotatable bonds is 3. The molecule has 3 rings (SSSR count). The van der Waals surface area contributed by atoms with Crippen molar-refractivity contribution in [2.24, 2.45) is 0 Å². The van der Waals surface area contributed by atoms with Crippen molar-refractivity contribution in [3.05, 3.63) is 54.0 Å². The van der Waals surface area contributed by atoms with E-state index in [2.05, 4.69) is 10.6 Å². The van der Waals surface area contributed by atoms with Crippen molar-refractivity contribution in [1.82, 2.24) is 5.32 Å². The third-order valence-electron chi connectivity index (χ3n) is 3.48. The topological polar surface area (TPSA) is 54.3 Å². The number of anilines is 1. The van der Waals surface area contributed by atoms with E-state index in [1.807, 2.05) is 43.3 Å². The van der Waals surface area contributed by atoms with E-state index in [0.29, 0.717) is 6.54 Å². The maximum atomic E-state index is 12.3. The van der Waals surface area contributed by atoms with E-state index in [1.165, 1.54) is 0 Å². The van der Waals surface area contributed by atoms with Crippen LogP contribution in [0.3, 0.4) is 0 Å². The molecule has 0 fully saturated rings. The molecule has 2 N–H and O–H groups in total. The second kappa shape index (κ2) is 4.80. The molecule has 2 heterocycles. The van der Waals surface area contributed by atoms with Crippen LogP contribution in [-0.4, -0.2) is 12.5 Å². The van der Waals surface area contributed by atoms with Crippen molar-refractivity contribution in [2.75, 3.05) is 11.9 Å². The number of nitrogens with one attached hydrogen (secondary N) is 2. The Labute approximate surface area is 111 Å². The maximum absolute atomic E-state index is 12.3. The Hall–Kier alpha value is -2.23. The zero-order valence-corrected chi connectivity index (χ0v) is 10.7. The second-order valence-corrected chi connectivity index (χ2v) is 4.77. The summed E-state index contributed by atoms with van der Waals surface area (Å²) in [5.41, 5.74) is 2.11. The molecule has 1 amide bonds. The van der Waals surface area contributed by atoms with Gasteiger partial charge in [0.15, 0.2) is 0 Å². The molecule has 2 unspecified atom stereocenters. The summed E-state index contributed by atoms with van der Waals surface area (Å²) in [6.45, 7) is 2.57. The van der Waals surface area contributed by atoms with E-state index in [0.717, 1.165) is 17.0 Å². The summed E-state index contributed by atoms with van der Waals surface area (Å²) >= 11 is 0. The highest BCUT2D eigenvalue weighted by Gasteiger charge is 2.29. The standard InChI is InChI=1S/C15H16N2O2/c1-10(14-7-4-8-19-14)17-15(18)12-9-16-13-6-3-2-5-11(12)13/h2-8,10,12,16H,9H2,1H3,(H,17,18). The minimum Gasteiger partial charge on any atom is -0.467 e. The fourth-order valence-corrected chi connectivity index (χ4v) is 2.44. The molecule has 2 aromatic rings. The predicted molar refractivity (Wildman–Crippen MR) is 72.9 cm³/mol. The summed E-state index contributed by atoms with van der Waals surface area (Å²) in [6.07, 6.45) is 1.62. The van der Waals surface area contributed by atoms with Gasteiger partial charge in [0.25, 0.3) is 0 Å². The SMILES string of the molecule is CC(NC(=O)C1CNc2ccccc21)c1ccco1. The van der Waals surface area contributed by atoms with E-state index < -0.39 is 0 Å². The Bertz CT molecular complexity index is 578. The van der Waals surface area contributed by atoms with Crippen molar-refractivity contribution in [3.8, 4) is 0 Å². The maximum Gasteiger partial charge on any atom is 0.229 e. The van der Waals surface area contributed by atoms with Gasteiger partial charge in [-0.05, 0) is 30.7 Å². The number of hydrogen-bond donors (Lipinski definition) is 2. The van der Waals surface area contributed by atoms with Gasteiger partial charge in [-0.1, -0.05) is 18.2 Å². The lowest BCUT2D eigenvalue weighted by Crippen LogP contribution is -2.32. The molecule has 1 aromatic heterocycles. The molecule has 0 saturated heterocycles. The monoisotopic (exact) mass is 256 g/mol. The Morgan fingerprint density at radius 2 is 2.21 bits per heavy atom. The van der Waals surface area contributed by atoms with Gasteiger partial charge in [0.1, 0.15) is 5.76 Å². The molecule has 1 aromatic carbocycles. The van der Waals surface area contributed by atoms with Crippen molar-refractivity contribution >= 4 is 11.6 Å². The van der Waals surface area contributed by atoms with E-state index in [9.17, 15) is 4.79 Å². The minimum atomic E-state index is -0.131. The molecule has 4 nitrogen and oxygen atoms in total. The number of benzene rings is 1. The van der Waals surface area contributed by atoms with Crippen LogP contribution in [0.15, 0.2) is 47.1 Å². The third kappa shape index (κ3) is 2.21. The largest absolute Gasteiger partial charge is 0.467 e. The van der Waals surface area contributed by atoms with Gasteiger partial charge in [0.2, 0.25) is 5.91 Å². The lowest BCUT2D eigenvalue weighted by molar-refractivity contribution is -0.122. The Balaban J connectivity index is 1.72. The highest BCUT2D eigenvalue weighted by atomic mass is 16.3. The lowest BCUT2D eigenvalue weighted by atomic mass is 10.00. The van der Waals surface area contributed by atoms with Crippen LogP contribution in [0.5, 0.6) is 0 Å². The molecule has 4 heteroatoms. The van der Waals surface area contributed by atoms with Gasteiger partial charge in [-0.25, -0.2) is 0 Å². The number of furan rings is 1. The molecule has 0 spiro atoms. The molecule has 1 aliphatic heterocycles. The van der Waals surface area contributed by atoms with Gasteiger partial charge in [0, 0.05) is 12.2 Å². The lowest BCUT2D eigenvalue weighted by Gasteiger charge is -2.15. The van der Waals surface area contributed by atoms with Crippen molar-refractivity contribution in [3.63, 3.8) is 0 Å². The van der Waals surface area contributed by atoms with Crippen molar-refractivity contribution in [1.29, 1.82) is 0 Å². The fourth-order valence-electron chi connectivity index (χ4n) is 2.44. The number of carbonyl (C=O) groups is 1. The Morgan fingerprint density at radius 3 is 3.00 bits per heavy atom. The van der Waals surface area contributed by atoms with Gasteiger partial charge in [-0.3, -0.25) is 4.79 Å². The minimum absolute atomic E-state index is 0.0290. The molecule has 98 valence electrons. The van der Waals surface area contributed by atoms with Crippen LogP contribution >= 0.6 is 0 Å². The number of amides is 1. The first-order valence-electron chi connectivity index (χ1n) is 6.42. The first kappa shape index (κ1) is 11.8. The fraction of sp³-hybridized carbons (Fsp3) is 0.267. The van der Waals surface area contributed by atoms with Gasteiger partial charge in [-0.15, -0.1) is 0 Å². The van der Waals surface area contributed by atoms with Gasteiger partial charge in [-0.2, -0.15) is 0 Å². The molecular formula is C15H16N2O2. The second-order valence-electron chi connectivity index (χ2n) is 4.77. The van der Waals surface area contributed by atoms with E-state index in [-0.39, 0.29) is 17.9 Å². The average Bonchev–Trinajstić information content (AvgIpc) is 3.08. The average molecular weight is 256 g/mol. The van der Waals surface area contributed by atoms with E-state index >= 15 is 0 Å². The molecule has 0 bridgehead atoms. The summed E-state index contributed by atoms with van der Waals surface area (Å²) in [5.74, 6) is 0.669. The van der Waals surface area contributed by atoms with Crippen LogP contribution in [0, 0.1) is 0 Å². The predicted octanol–water partition coefficient (Wildman–Crippen LogP) is 2.67. The van der Waals surface area contributed by atoms with Crippen molar-refractivity contribution in [2.45, 2.75) is 18.9 Å². The van der Waals surface area contributed by atoms with E-state index in [4.69, 9.17) is 4.42 Å². The van der Waals surface area contributed by atoms with Gasteiger partial charge < -0.3 is 15.1 Å². The van der Waals surface area contributed by atoms with Crippen LogP contribution in [0.25, 0.3) is 0 Å². The summed E-state index contributed by atoms with van der Waals surface area (Å²) in [5, 5.41) is 6.25. The number of hydrogen-bond acceptors (Lipinski definition) is 3. The summed E-state index contributed by atoms with van der Waals surface area (Å²) in [6, 6.07) is 11.5. The van der Waals surface area contributed by atoms with Gasteiger partial charge >= 0.3 is 0 Å². The highest BCUT2D eigenvalue weighted by molar-refractivity contribution is 5.88. The number of fused-ring (bicyclic) bond motifs is 1. The van der Waals surface area contributed by atoms with Crippen LogP contribution in [-0.2, 0) is 4.79 Å². The molecule has 19 heavy (non-hydrogen) atoms. The first-order valence-corrected chi connectivity index (χ1v) is 6.42. The number of carbonyl (C=O) groups excluding carboxylic acids is 1. The van der Waals surface area contributed by atoms with Gasteiger partial charge in [0.05, 0.1) is 18.2 Å². The molecule has 0 saturated carbocycles. The summed E-state index contributed by atoms with van der Waals surface area (Å²) in [4.78, 5) is 12.3. The molecule has 0 radical (unpaired) electrons. The zero-order chi connectivity index (χ0) is 13.2. The highest BCUT2D eigenvalue weighted by Crippen LogP contribution is 2.31. The zero-order valence-electron chi connectivity index (χ0n) is 10.7. The van der Waals surface area contributed by atoms with Crippen molar-refractivity contribution < 1.29 is 9.21 Å². The smallest absolute Gasteiger partial charge is 0.229 e. The quantitative estimate of drug-likeness (QED) is 0.887. The third-order valence-corrected chi connectivity index (χ3v) is 3.48. The van der Waals surface area contributed by atoms with Crippen LogP contribution in [0.4, 0.5) is 5.69 Å². The first-order chi connectivity index (χ1) is 9.25. The van der Waals surface area contributed by atoms with E-state index in [1.54, 1.807) is 6.26 Å². The Kier molecular flexibility index (Phi) is 2.99. The normalized spacial score (nSPS) is 18.5. The summed E-state index contributed by atoms with van der Waals surface area (Å²) in [7, 11) is 0. The number of para-hydroxylation sites is 1. The molecule has 2 atom stereocenters. The molecular weight excluding hydrogens is 240 g/mol. The molecule has 0 aliphatic carbocycles. The van der Waals surface area contributed by atoms with Crippen LogP contribution in [0.2, 0.25) is 0 Å². The Morgan fingerprint density at radius 1 is 1.37 bits per heavy atom. The van der Waals surface area contributed by atoms with Crippen LogP contribution < -0.4 is 10.6 Å². The molecule has 1 aliphatic rings. The summed E-state index contributed by atoms with van der Waals surface area (Å²) < 4.78 is 5.30. The van der Waals surface area contributed by atoms with Crippen LogP contribution in [0.1, 0.15) is 30.2 Å².